The van der Waals surface area contributed by atoms with Crippen molar-refractivity contribution >= 4 is 17.5 Å². The Morgan fingerprint density at radius 1 is 1.19 bits per heavy atom. The van der Waals surface area contributed by atoms with Gasteiger partial charge in [0.15, 0.2) is 5.78 Å². The summed E-state index contributed by atoms with van der Waals surface area (Å²) in [6.45, 7) is 0. The number of hydrogen-bond acceptors (Lipinski definition) is 2. The lowest BCUT2D eigenvalue weighted by Gasteiger charge is -2.30. The maximum absolute atomic E-state index is 12.1. The Bertz CT molecular complexity index is 567. The quantitative estimate of drug-likeness (QED) is 0.653. The van der Waals surface area contributed by atoms with Crippen molar-refractivity contribution in [2.45, 2.75) is 0 Å². The lowest BCUT2D eigenvalue weighted by Crippen LogP contribution is -3.01. The molecule has 0 amide bonds. The second-order valence-corrected chi connectivity index (χ2v) is 3.78. The van der Waals surface area contributed by atoms with Crippen molar-refractivity contribution in [3.8, 4) is 0 Å². The standard InChI is InChI=1S/C13H9NO2/c15-13-7-3-6-12-10(13)8-9-4-1-2-5-11(9)14(12)16/h1-8,14H. The molecule has 0 saturated carbocycles. The number of benzene rings is 1. The van der Waals surface area contributed by atoms with E-state index in [0.717, 1.165) is 5.56 Å². The van der Waals surface area contributed by atoms with Crippen LogP contribution in [-0.4, -0.2) is 5.78 Å². The van der Waals surface area contributed by atoms with E-state index >= 15 is 0 Å². The molecular weight excluding hydrogens is 202 g/mol. The molecule has 1 atom stereocenters. The molecule has 3 heteroatoms. The molecule has 16 heavy (non-hydrogen) atoms. The SMILES string of the molecule is O=C1C=CC=C2C1=Cc1ccccc1[NH+]2[O-]. The van der Waals surface area contributed by atoms with Crippen LogP contribution in [0.2, 0.25) is 0 Å². The smallest absolute Gasteiger partial charge is 0.191 e. The van der Waals surface area contributed by atoms with Gasteiger partial charge in [0.05, 0.1) is 5.57 Å². The number of ketones is 1. The molecule has 1 heterocycles. The molecule has 1 aliphatic carbocycles. The fourth-order valence-electron chi connectivity index (χ4n) is 2.02. The van der Waals surface area contributed by atoms with Crippen molar-refractivity contribution in [3.05, 3.63) is 64.5 Å². The normalized spacial score (nSPS) is 22.1. The van der Waals surface area contributed by atoms with Crippen LogP contribution in [0.1, 0.15) is 5.56 Å². The molecule has 1 N–H and O–H groups in total. The topological polar surface area (TPSA) is 44.6 Å². The van der Waals surface area contributed by atoms with Gasteiger partial charge in [0, 0.05) is 17.7 Å². The van der Waals surface area contributed by atoms with E-state index in [9.17, 15) is 10.0 Å². The Balaban J connectivity index is 2.26. The molecule has 0 radical (unpaired) electrons. The number of allylic oxidation sites excluding steroid dienone is 4. The predicted octanol–water partition coefficient (Wildman–Crippen LogP) is 1.12. The van der Waals surface area contributed by atoms with Crippen molar-refractivity contribution in [2.24, 2.45) is 0 Å². The molecule has 78 valence electrons. The molecule has 1 aromatic rings. The summed E-state index contributed by atoms with van der Waals surface area (Å²) < 4.78 is 0. The molecule has 3 rings (SSSR count). The number of carbonyl (C=O) groups is 1. The van der Waals surface area contributed by atoms with Gasteiger partial charge in [-0.15, -0.1) is 0 Å². The van der Waals surface area contributed by atoms with Gasteiger partial charge in [-0.1, -0.05) is 18.2 Å². The van der Waals surface area contributed by atoms with Crippen LogP contribution in [0.4, 0.5) is 5.69 Å². The minimum Gasteiger partial charge on any atom is -0.623 e. The lowest BCUT2D eigenvalue weighted by atomic mass is 9.95. The molecule has 1 aliphatic heterocycles. The molecule has 0 aromatic heterocycles. The van der Waals surface area contributed by atoms with E-state index in [1.807, 2.05) is 18.2 Å². The second-order valence-electron chi connectivity index (χ2n) is 3.78. The summed E-state index contributed by atoms with van der Waals surface area (Å²) in [5.41, 5.74) is 2.50. The molecule has 0 saturated heterocycles. The third-order valence-corrected chi connectivity index (χ3v) is 2.82. The van der Waals surface area contributed by atoms with Gasteiger partial charge in [-0.25, -0.2) is 0 Å². The monoisotopic (exact) mass is 211 g/mol. The van der Waals surface area contributed by atoms with E-state index in [1.165, 1.54) is 6.08 Å². The van der Waals surface area contributed by atoms with Crippen molar-refractivity contribution in [3.63, 3.8) is 0 Å². The third kappa shape index (κ3) is 1.19. The molecule has 2 aliphatic rings. The Morgan fingerprint density at radius 3 is 2.88 bits per heavy atom. The maximum Gasteiger partial charge on any atom is 0.191 e. The Morgan fingerprint density at radius 2 is 2.00 bits per heavy atom. The first-order valence-corrected chi connectivity index (χ1v) is 5.06. The van der Waals surface area contributed by atoms with E-state index in [1.54, 1.807) is 24.3 Å². The number of nitrogens with one attached hydrogen (secondary N) is 1. The van der Waals surface area contributed by atoms with E-state index in [-0.39, 0.29) is 10.8 Å². The highest BCUT2D eigenvalue weighted by molar-refractivity contribution is 6.12. The zero-order valence-corrected chi connectivity index (χ0v) is 8.44. The van der Waals surface area contributed by atoms with Gasteiger partial charge < -0.3 is 10.3 Å². The van der Waals surface area contributed by atoms with E-state index in [0.29, 0.717) is 17.0 Å². The van der Waals surface area contributed by atoms with Crippen LogP contribution >= 0.6 is 0 Å². The first-order chi connectivity index (χ1) is 7.77. The van der Waals surface area contributed by atoms with Crippen LogP contribution in [-0.2, 0) is 4.79 Å². The predicted molar refractivity (Wildman–Crippen MR) is 60.6 cm³/mol. The van der Waals surface area contributed by atoms with Gasteiger partial charge in [-0.05, 0) is 18.2 Å². The lowest BCUT2D eigenvalue weighted by molar-refractivity contribution is -0.728. The number of para-hydroxylation sites is 1. The van der Waals surface area contributed by atoms with Gasteiger partial charge >= 0.3 is 0 Å². The molecule has 1 unspecified atom stereocenters. The average molecular weight is 211 g/mol. The number of quaternary nitrogens is 1. The van der Waals surface area contributed by atoms with E-state index < -0.39 is 0 Å². The fourth-order valence-corrected chi connectivity index (χ4v) is 2.02. The summed E-state index contributed by atoms with van der Waals surface area (Å²) in [4.78, 5) is 11.6. The number of hydrogen-bond donors (Lipinski definition) is 1. The summed E-state index contributed by atoms with van der Waals surface area (Å²) in [7, 11) is 0. The molecule has 0 fully saturated rings. The maximum atomic E-state index is 12.1. The van der Waals surface area contributed by atoms with Crippen molar-refractivity contribution < 1.29 is 9.86 Å². The molecule has 1 aromatic carbocycles. The van der Waals surface area contributed by atoms with Crippen molar-refractivity contribution in [1.29, 1.82) is 0 Å². The highest BCUT2D eigenvalue weighted by atomic mass is 16.5. The van der Waals surface area contributed by atoms with Gasteiger partial charge in [-0.2, -0.15) is 0 Å². The van der Waals surface area contributed by atoms with E-state index in [4.69, 9.17) is 0 Å². The molecule has 3 nitrogen and oxygen atoms in total. The Hall–Kier alpha value is -1.97. The third-order valence-electron chi connectivity index (χ3n) is 2.82. The van der Waals surface area contributed by atoms with Crippen LogP contribution in [0.25, 0.3) is 6.08 Å². The van der Waals surface area contributed by atoms with Crippen LogP contribution in [0.3, 0.4) is 0 Å². The zero-order chi connectivity index (χ0) is 11.1. The second kappa shape index (κ2) is 3.27. The van der Waals surface area contributed by atoms with Gasteiger partial charge in [0.1, 0.15) is 11.4 Å². The highest BCUT2D eigenvalue weighted by Gasteiger charge is 2.27. The molecular formula is C13H9NO2. The number of carbonyl (C=O) groups excluding carboxylic acids is 1. The van der Waals surface area contributed by atoms with Crippen LogP contribution in [0.5, 0.6) is 0 Å². The van der Waals surface area contributed by atoms with Gasteiger partial charge in [0.25, 0.3) is 0 Å². The largest absolute Gasteiger partial charge is 0.623 e. The minimum atomic E-state index is -0.0969. The summed E-state index contributed by atoms with van der Waals surface area (Å²) in [6.07, 6.45) is 6.59. The Kier molecular flexibility index (Phi) is 1.89. The number of fused-ring (bicyclic) bond motifs is 2. The van der Waals surface area contributed by atoms with E-state index in [2.05, 4.69) is 0 Å². The van der Waals surface area contributed by atoms with Crippen LogP contribution in [0.15, 0.2) is 53.8 Å². The first kappa shape index (κ1) is 9.27. The summed E-state index contributed by atoms with van der Waals surface area (Å²) in [5.74, 6) is -0.0969. The minimum absolute atomic E-state index is 0.0641. The zero-order valence-electron chi connectivity index (χ0n) is 8.44. The number of hydroxylamine groups is 1. The van der Waals surface area contributed by atoms with Crippen molar-refractivity contribution in [2.75, 3.05) is 0 Å². The van der Waals surface area contributed by atoms with Crippen LogP contribution in [0, 0.1) is 5.21 Å². The average Bonchev–Trinajstić information content (AvgIpc) is 2.31. The first-order valence-electron chi connectivity index (χ1n) is 5.06. The van der Waals surface area contributed by atoms with Crippen LogP contribution < -0.4 is 5.06 Å². The molecule has 0 bridgehead atoms. The van der Waals surface area contributed by atoms with Gasteiger partial charge in [-0.3, -0.25) is 4.79 Å². The fraction of sp³-hybridized carbons (Fsp3) is 0. The summed E-state index contributed by atoms with van der Waals surface area (Å²) in [5, 5.41) is 12.0. The summed E-state index contributed by atoms with van der Waals surface area (Å²) in [6, 6.07) is 7.33. The molecule has 0 spiro atoms. The van der Waals surface area contributed by atoms with Crippen molar-refractivity contribution in [1.82, 2.24) is 0 Å². The Labute approximate surface area is 92.6 Å². The van der Waals surface area contributed by atoms with Gasteiger partial charge in [0.2, 0.25) is 0 Å². The highest BCUT2D eigenvalue weighted by Crippen LogP contribution is 2.25. The summed E-state index contributed by atoms with van der Waals surface area (Å²) >= 11 is 0. The number of rotatable bonds is 0.